The summed E-state index contributed by atoms with van der Waals surface area (Å²) in [6.45, 7) is 2.76. The number of nitrogens with zero attached hydrogens (tertiary/aromatic N) is 5. The van der Waals surface area contributed by atoms with Crippen LogP contribution in [-0.2, 0) is 10.0 Å². The first-order chi connectivity index (χ1) is 10.4. The number of hydrogen-bond acceptors (Lipinski definition) is 7. The zero-order chi connectivity index (χ0) is 15.7. The van der Waals surface area contributed by atoms with Crippen LogP contribution >= 0.6 is 0 Å². The van der Waals surface area contributed by atoms with Crippen LogP contribution in [0.5, 0.6) is 0 Å². The summed E-state index contributed by atoms with van der Waals surface area (Å²) in [5.41, 5.74) is 1.45. The first-order valence-corrected chi connectivity index (χ1v) is 8.85. The molecule has 0 aliphatic carbocycles. The van der Waals surface area contributed by atoms with E-state index >= 15 is 0 Å². The number of aryl methyl sites for hydroxylation is 1. The fraction of sp³-hybridized carbons (Fsp3) is 0.538. The molecule has 9 heteroatoms. The van der Waals surface area contributed by atoms with Crippen LogP contribution in [0.1, 0.15) is 30.3 Å². The van der Waals surface area contributed by atoms with Gasteiger partial charge in [-0.25, -0.2) is 22.7 Å². The third kappa shape index (κ3) is 3.00. The highest BCUT2D eigenvalue weighted by Gasteiger charge is 2.30. The monoisotopic (exact) mass is 323 g/mol. The highest BCUT2D eigenvalue weighted by Crippen LogP contribution is 2.29. The van der Waals surface area contributed by atoms with Crippen LogP contribution in [-0.4, -0.2) is 52.2 Å². The van der Waals surface area contributed by atoms with Crippen molar-refractivity contribution in [3.8, 4) is 11.5 Å². The van der Waals surface area contributed by atoms with Gasteiger partial charge < -0.3 is 4.42 Å². The van der Waals surface area contributed by atoms with Gasteiger partial charge in [0.15, 0.2) is 0 Å². The van der Waals surface area contributed by atoms with Gasteiger partial charge in [0.05, 0.1) is 23.4 Å². The molecule has 0 N–H and O–H groups in total. The van der Waals surface area contributed by atoms with Crippen LogP contribution in [0.3, 0.4) is 0 Å². The van der Waals surface area contributed by atoms with Gasteiger partial charge in [-0.3, -0.25) is 0 Å². The molecule has 1 aliphatic rings. The van der Waals surface area contributed by atoms with Gasteiger partial charge in [-0.2, -0.15) is 0 Å². The first-order valence-electron chi connectivity index (χ1n) is 7.00. The van der Waals surface area contributed by atoms with E-state index in [4.69, 9.17) is 4.42 Å². The summed E-state index contributed by atoms with van der Waals surface area (Å²) in [5.74, 6) is 0.755. The molecule has 3 rings (SSSR count). The Hall–Kier alpha value is -1.87. The maximum Gasteiger partial charge on any atom is 0.251 e. The van der Waals surface area contributed by atoms with Crippen molar-refractivity contribution in [2.24, 2.45) is 0 Å². The van der Waals surface area contributed by atoms with Crippen molar-refractivity contribution in [2.75, 3.05) is 19.3 Å². The highest BCUT2D eigenvalue weighted by molar-refractivity contribution is 7.88. The molecule has 0 radical (unpaired) electrons. The Labute approximate surface area is 128 Å². The summed E-state index contributed by atoms with van der Waals surface area (Å²) in [6.07, 6.45) is 5.92. The molecule has 0 spiro atoms. The van der Waals surface area contributed by atoms with Crippen LogP contribution in [0.25, 0.3) is 11.5 Å². The van der Waals surface area contributed by atoms with Gasteiger partial charge >= 0.3 is 0 Å². The fourth-order valence-electron chi connectivity index (χ4n) is 2.55. The molecule has 8 nitrogen and oxygen atoms in total. The minimum absolute atomic E-state index is 0.0744. The summed E-state index contributed by atoms with van der Waals surface area (Å²) in [6, 6.07) is 0. The number of rotatable bonds is 3. The number of hydrogen-bond donors (Lipinski definition) is 0. The molecular formula is C13H17N5O3S. The van der Waals surface area contributed by atoms with Gasteiger partial charge in [0, 0.05) is 19.3 Å². The van der Waals surface area contributed by atoms with E-state index in [-0.39, 0.29) is 5.92 Å². The summed E-state index contributed by atoms with van der Waals surface area (Å²) in [4.78, 5) is 8.06. The zero-order valence-corrected chi connectivity index (χ0v) is 13.2. The summed E-state index contributed by atoms with van der Waals surface area (Å²) >= 11 is 0. The lowest BCUT2D eigenvalue weighted by molar-refractivity contribution is 0.287. The smallest absolute Gasteiger partial charge is 0.251 e. The van der Waals surface area contributed by atoms with Gasteiger partial charge in [-0.1, -0.05) is 0 Å². The molecule has 0 saturated carbocycles. The normalized spacial score (nSPS) is 20.2. The Morgan fingerprint density at radius 1 is 1.36 bits per heavy atom. The van der Waals surface area contributed by atoms with Crippen molar-refractivity contribution >= 4 is 10.0 Å². The Bertz CT molecular complexity index is 773. The lowest BCUT2D eigenvalue weighted by Crippen LogP contribution is -2.38. The van der Waals surface area contributed by atoms with Crippen molar-refractivity contribution < 1.29 is 12.8 Å². The van der Waals surface area contributed by atoms with E-state index in [9.17, 15) is 8.42 Å². The molecule has 3 heterocycles. The highest BCUT2D eigenvalue weighted by atomic mass is 32.2. The molecule has 1 fully saturated rings. The minimum atomic E-state index is -3.20. The van der Waals surface area contributed by atoms with Gasteiger partial charge in [-0.15, -0.1) is 10.2 Å². The lowest BCUT2D eigenvalue weighted by Gasteiger charge is -2.28. The number of sulfonamides is 1. The predicted octanol–water partition coefficient (Wildman–Crippen LogP) is 0.974. The number of aromatic nitrogens is 4. The molecule has 0 aromatic carbocycles. The van der Waals surface area contributed by atoms with E-state index in [0.717, 1.165) is 18.5 Å². The molecule has 2 aromatic heterocycles. The quantitative estimate of drug-likeness (QED) is 0.829. The molecule has 1 aliphatic heterocycles. The van der Waals surface area contributed by atoms with E-state index in [1.165, 1.54) is 16.9 Å². The molecule has 22 heavy (non-hydrogen) atoms. The molecule has 2 aromatic rings. The van der Waals surface area contributed by atoms with Gasteiger partial charge in [0.2, 0.25) is 15.9 Å². The Balaban J connectivity index is 1.84. The van der Waals surface area contributed by atoms with Crippen molar-refractivity contribution in [3.63, 3.8) is 0 Å². The predicted molar refractivity (Wildman–Crippen MR) is 78.5 cm³/mol. The third-order valence-corrected chi connectivity index (χ3v) is 5.05. The standard InChI is InChI=1S/C13H17N5O3S/c1-9-11(6-14-8-15-9)13-17-16-12(21-13)10-4-3-5-18(7-10)22(2,19)20/h6,8,10H,3-5,7H2,1-2H3/t10-/m0/s1. The van der Waals surface area contributed by atoms with E-state index in [0.29, 0.717) is 30.4 Å². The molecule has 0 amide bonds. The molecular weight excluding hydrogens is 306 g/mol. The van der Waals surface area contributed by atoms with Crippen molar-refractivity contribution in [2.45, 2.75) is 25.7 Å². The maximum absolute atomic E-state index is 11.7. The summed E-state index contributed by atoms with van der Waals surface area (Å²) in [5, 5.41) is 8.13. The van der Waals surface area contributed by atoms with Crippen LogP contribution in [0.2, 0.25) is 0 Å². The first kappa shape index (κ1) is 15.0. The van der Waals surface area contributed by atoms with Gasteiger partial charge in [-0.05, 0) is 19.8 Å². The topological polar surface area (TPSA) is 102 Å². The third-order valence-electron chi connectivity index (χ3n) is 3.78. The zero-order valence-electron chi connectivity index (χ0n) is 12.4. The average Bonchev–Trinajstić information content (AvgIpc) is 2.97. The van der Waals surface area contributed by atoms with Crippen molar-refractivity contribution in [3.05, 3.63) is 24.1 Å². The fourth-order valence-corrected chi connectivity index (χ4v) is 3.47. The van der Waals surface area contributed by atoms with Gasteiger partial charge in [0.1, 0.15) is 6.33 Å². The Morgan fingerprint density at radius 3 is 2.91 bits per heavy atom. The molecule has 0 unspecified atom stereocenters. The summed E-state index contributed by atoms with van der Waals surface area (Å²) in [7, 11) is -3.20. The number of piperidine rings is 1. The van der Waals surface area contributed by atoms with E-state index in [1.807, 2.05) is 6.92 Å². The minimum Gasteiger partial charge on any atom is -0.420 e. The lowest BCUT2D eigenvalue weighted by atomic mass is 10.00. The van der Waals surface area contributed by atoms with Crippen LogP contribution in [0.15, 0.2) is 16.9 Å². The van der Waals surface area contributed by atoms with Crippen LogP contribution in [0.4, 0.5) is 0 Å². The van der Waals surface area contributed by atoms with Crippen LogP contribution < -0.4 is 0 Å². The maximum atomic E-state index is 11.7. The van der Waals surface area contributed by atoms with Crippen molar-refractivity contribution in [1.82, 2.24) is 24.5 Å². The molecule has 1 saturated heterocycles. The Kier molecular flexibility index (Phi) is 3.92. The molecule has 0 bridgehead atoms. The van der Waals surface area contributed by atoms with Crippen molar-refractivity contribution in [1.29, 1.82) is 0 Å². The van der Waals surface area contributed by atoms with E-state index < -0.39 is 10.0 Å². The SMILES string of the molecule is Cc1ncncc1-c1nnc([C@H]2CCCN(S(C)(=O)=O)C2)o1. The molecule has 118 valence electrons. The molecule has 1 atom stereocenters. The second kappa shape index (κ2) is 5.73. The van der Waals surface area contributed by atoms with E-state index in [1.54, 1.807) is 6.20 Å². The second-order valence-electron chi connectivity index (χ2n) is 5.43. The largest absolute Gasteiger partial charge is 0.420 e. The Morgan fingerprint density at radius 2 is 2.18 bits per heavy atom. The van der Waals surface area contributed by atoms with E-state index in [2.05, 4.69) is 20.2 Å². The van der Waals surface area contributed by atoms with Crippen LogP contribution in [0, 0.1) is 6.92 Å². The average molecular weight is 323 g/mol. The van der Waals surface area contributed by atoms with Gasteiger partial charge in [0.25, 0.3) is 5.89 Å². The second-order valence-corrected chi connectivity index (χ2v) is 7.41. The summed E-state index contributed by atoms with van der Waals surface area (Å²) < 4.78 is 30.5.